The molecule has 1 aromatic heterocycles. The van der Waals surface area contributed by atoms with Crippen molar-refractivity contribution in [3.05, 3.63) is 48.3 Å². The third-order valence-corrected chi connectivity index (χ3v) is 4.01. The highest BCUT2D eigenvalue weighted by molar-refractivity contribution is 5.85. The second-order valence-electron chi connectivity index (χ2n) is 5.82. The van der Waals surface area contributed by atoms with E-state index < -0.39 is 0 Å². The molecular formula is C17H23ClN4O. The van der Waals surface area contributed by atoms with Gasteiger partial charge in [0.25, 0.3) is 0 Å². The van der Waals surface area contributed by atoms with E-state index in [1.807, 2.05) is 52.3 Å². The van der Waals surface area contributed by atoms with Crippen LogP contribution in [0.4, 0.5) is 0 Å². The van der Waals surface area contributed by atoms with Crippen molar-refractivity contribution in [1.29, 1.82) is 0 Å². The fourth-order valence-electron chi connectivity index (χ4n) is 2.78. The van der Waals surface area contributed by atoms with Crippen molar-refractivity contribution in [2.75, 3.05) is 19.6 Å². The number of hydrogen-bond acceptors (Lipinski definition) is 3. The zero-order valence-corrected chi connectivity index (χ0v) is 14.1. The first-order valence-electron chi connectivity index (χ1n) is 7.82. The lowest BCUT2D eigenvalue weighted by Crippen LogP contribution is -2.51. The fraction of sp³-hybridized carbons (Fsp3) is 0.412. The molecule has 0 spiro atoms. The van der Waals surface area contributed by atoms with Gasteiger partial charge < -0.3 is 10.2 Å². The molecule has 1 aromatic carbocycles. The largest absolute Gasteiger partial charge is 0.340 e. The Morgan fingerprint density at radius 2 is 2.13 bits per heavy atom. The highest BCUT2D eigenvalue weighted by Crippen LogP contribution is 2.10. The van der Waals surface area contributed by atoms with Crippen LogP contribution in [0.15, 0.2) is 42.7 Å². The summed E-state index contributed by atoms with van der Waals surface area (Å²) in [4.78, 5) is 14.2. The van der Waals surface area contributed by atoms with Crippen molar-refractivity contribution in [2.45, 2.75) is 25.8 Å². The summed E-state index contributed by atoms with van der Waals surface area (Å²) in [6.07, 6.45) is 5.14. The Bertz CT molecular complexity index is 629. The molecule has 23 heavy (non-hydrogen) atoms. The smallest absolute Gasteiger partial charge is 0.223 e. The summed E-state index contributed by atoms with van der Waals surface area (Å²) in [6, 6.07) is 10.4. The van der Waals surface area contributed by atoms with Crippen LogP contribution in [0.25, 0.3) is 5.69 Å². The van der Waals surface area contributed by atoms with E-state index in [9.17, 15) is 4.79 Å². The quantitative estimate of drug-likeness (QED) is 0.931. The minimum absolute atomic E-state index is 0. The van der Waals surface area contributed by atoms with Gasteiger partial charge in [0.15, 0.2) is 0 Å². The first-order valence-corrected chi connectivity index (χ1v) is 7.82. The zero-order valence-electron chi connectivity index (χ0n) is 13.3. The Balaban J connectivity index is 0.00000192. The molecule has 1 atom stereocenters. The van der Waals surface area contributed by atoms with E-state index >= 15 is 0 Å². The van der Waals surface area contributed by atoms with Gasteiger partial charge in [-0.25, -0.2) is 4.68 Å². The van der Waals surface area contributed by atoms with Crippen LogP contribution in [0.5, 0.6) is 0 Å². The molecule has 0 radical (unpaired) electrons. The number of carbonyl (C=O) groups is 1. The highest BCUT2D eigenvalue weighted by atomic mass is 35.5. The van der Waals surface area contributed by atoms with Gasteiger partial charge in [0, 0.05) is 38.3 Å². The van der Waals surface area contributed by atoms with Gasteiger partial charge >= 0.3 is 0 Å². The number of nitrogens with zero attached hydrogens (tertiary/aromatic N) is 3. The Morgan fingerprint density at radius 3 is 2.87 bits per heavy atom. The van der Waals surface area contributed by atoms with E-state index in [1.54, 1.807) is 0 Å². The molecule has 124 valence electrons. The van der Waals surface area contributed by atoms with Crippen molar-refractivity contribution >= 4 is 18.3 Å². The van der Waals surface area contributed by atoms with Crippen LogP contribution in [0.2, 0.25) is 0 Å². The van der Waals surface area contributed by atoms with Crippen LogP contribution in [-0.2, 0) is 11.2 Å². The molecule has 1 saturated heterocycles. The summed E-state index contributed by atoms with van der Waals surface area (Å²) in [5.41, 5.74) is 2.14. The monoisotopic (exact) mass is 334 g/mol. The van der Waals surface area contributed by atoms with Gasteiger partial charge in [-0.15, -0.1) is 12.4 Å². The van der Waals surface area contributed by atoms with Crippen molar-refractivity contribution in [1.82, 2.24) is 20.0 Å². The molecule has 5 nitrogen and oxygen atoms in total. The van der Waals surface area contributed by atoms with E-state index in [4.69, 9.17) is 0 Å². The van der Waals surface area contributed by atoms with Gasteiger partial charge in [-0.3, -0.25) is 4.79 Å². The van der Waals surface area contributed by atoms with Crippen molar-refractivity contribution < 1.29 is 4.79 Å². The second-order valence-corrected chi connectivity index (χ2v) is 5.82. The average molecular weight is 335 g/mol. The van der Waals surface area contributed by atoms with Crippen LogP contribution < -0.4 is 5.32 Å². The number of piperazine rings is 1. The molecule has 3 rings (SSSR count). The third kappa shape index (κ3) is 4.56. The first kappa shape index (κ1) is 17.5. The molecule has 0 bridgehead atoms. The van der Waals surface area contributed by atoms with Gasteiger partial charge in [0.1, 0.15) is 0 Å². The first-order chi connectivity index (χ1) is 10.7. The van der Waals surface area contributed by atoms with Crippen LogP contribution in [0.3, 0.4) is 0 Å². The predicted molar refractivity (Wildman–Crippen MR) is 93.2 cm³/mol. The number of rotatable bonds is 4. The van der Waals surface area contributed by atoms with Gasteiger partial charge in [-0.1, -0.05) is 18.2 Å². The molecule has 6 heteroatoms. The van der Waals surface area contributed by atoms with Gasteiger partial charge in [-0.2, -0.15) is 5.10 Å². The lowest BCUT2D eigenvalue weighted by atomic mass is 10.1. The molecule has 0 aliphatic carbocycles. The number of aryl methyl sites for hydroxylation is 1. The standard InChI is InChI=1S/C17H22N4O.ClH/c1-14-12-20(10-9-18-14)17(22)8-7-15-11-19-21(13-15)16-5-3-2-4-6-16;/h2-6,11,13-14,18H,7-10,12H2,1H3;1H. The second kappa shape index (κ2) is 8.13. The fourth-order valence-corrected chi connectivity index (χ4v) is 2.78. The summed E-state index contributed by atoms with van der Waals surface area (Å²) in [5.74, 6) is 0.237. The maximum atomic E-state index is 12.3. The Kier molecular flexibility index (Phi) is 6.19. The third-order valence-electron chi connectivity index (χ3n) is 4.01. The number of nitrogens with one attached hydrogen (secondary N) is 1. The SMILES string of the molecule is CC1CN(C(=O)CCc2cnn(-c3ccccc3)c2)CCN1.Cl. The van der Waals surface area contributed by atoms with Gasteiger partial charge in [0.05, 0.1) is 11.9 Å². The Hall–Kier alpha value is -1.85. The van der Waals surface area contributed by atoms with Crippen LogP contribution in [-0.4, -0.2) is 46.3 Å². The number of hydrogen-bond donors (Lipinski definition) is 1. The molecule has 1 unspecified atom stereocenters. The maximum Gasteiger partial charge on any atom is 0.223 e. The number of amides is 1. The predicted octanol–water partition coefficient (Wildman–Crippen LogP) is 2.05. The number of carbonyl (C=O) groups excluding carboxylic acids is 1. The Morgan fingerprint density at radius 1 is 1.35 bits per heavy atom. The summed E-state index contributed by atoms with van der Waals surface area (Å²) in [6.45, 7) is 4.62. The molecule has 1 fully saturated rings. The number of halogens is 1. The normalized spacial score (nSPS) is 17.6. The molecule has 2 aromatic rings. The molecule has 0 saturated carbocycles. The number of benzene rings is 1. The number of para-hydroxylation sites is 1. The topological polar surface area (TPSA) is 50.2 Å². The maximum absolute atomic E-state index is 12.3. The van der Waals surface area contributed by atoms with Gasteiger partial charge in [-0.05, 0) is 31.0 Å². The summed E-state index contributed by atoms with van der Waals surface area (Å²) in [5, 5.41) is 7.73. The van der Waals surface area contributed by atoms with Crippen LogP contribution in [0, 0.1) is 0 Å². The molecule has 1 amide bonds. The van der Waals surface area contributed by atoms with Crippen LogP contribution >= 0.6 is 12.4 Å². The molecule has 2 heterocycles. The summed E-state index contributed by atoms with van der Waals surface area (Å²) < 4.78 is 1.85. The average Bonchev–Trinajstić information content (AvgIpc) is 3.02. The summed E-state index contributed by atoms with van der Waals surface area (Å²) in [7, 11) is 0. The van der Waals surface area contributed by atoms with E-state index in [2.05, 4.69) is 17.3 Å². The lowest BCUT2D eigenvalue weighted by molar-refractivity contribution is -0.132. The zero-order chi connectivity index (χ0) is 15.4. The van der Waals surface area contributed by atoms with Crippen molar-refractivity contribution in [3.8, 4) is 5.69 Å². The highest BCUT2D eigenvalue weighted by Gasteiger charge is 2.20. The van der Waals surface area contributed by atoms with Gasteiger partial charge in [0.2, 0.25) is 5.91 Å². The minimum atomic E-state index is 0. The molecule has 1 aliphatic heterocycles. The van der Waals surface area contributed by atoms with Crippen LogP contribution in [0.1, 0.15) is 18.9 Å². The minimum Gasteiger partial charge on any atom is -0.340 e. The Labute approximate surface area is 143 Å². The molecule has 1 N–H and O–H groups in total. The van der Waals surface area contributed by atoms with E-state index in [0.29, 0.717) is 12.5 Å². The van der Waals surface area contributed by atoms with E-state index in [1.165, 1.54) is 0 Å². The lowest BCUT2D eigenvalue weighted by Gasteiger charge is -2.31. The van der Waals surface area contributed by atoms with Crippen molar-refractivity contribution in [3.63, 3.8) is 0 Å². The van der Waals surface area contributed by atoms with E-state index in [-0.39, 0.29) is 18.3 Å². The summed E-state index contributed by atoms with van der Waals surface area (Å²) >= 11 is 0. The molecule has 1 aliphatic rings. The number of aromatic nitrogens is 2. The molecular weight excluding hydrogens is 312 g/mol. The van der Waals surface area contributed by atoms with Crippen molar-refractivity contribution in [2.24, 2.45) is 0 Å². The van der Waals surface area contributed by atoms with E-state index in [0.717, 1.165) is 37.3 Å².